The van der Waals surface area contributed by atoms with E-state index in [0.29, 0.717) is 0 Å². The predicted octanol–water partition coefficient (Wildman–Crippen LogP) is 1.20. The molecule has 1 saturated carbocycles. The highest BCUT2D eigenvalue weighted by molar-refractivity contribution is 5.07. The van der Waals surface area contributed by atoms with Crippen molar-refractivity contribution in [1.29, 1.82) is 0 Å². The molecule has 14 heavy (non-hydrogen) atoms. The summed E-state index contributed by atoms with van der Waals surface area (Å²) in [6, 6.07) is 2.99. The van der Waals surface area contributed by atoms with Crippen molar-refractivity contribution in [2.75, 3.05) is 20.1 Å². The molecule has 0 amide bonds. The van der Waals surface area contributed by atoms with Gasteiger partial charge in [-0.05, 0) is 31.5 Å². The van der Waals surface area contributed by atoms with Gasteiger partial charge in [0.1, 0.15) is 0 Å². The normalized spacial score (nSPS) is 16.4. The van der Waals surface area contributed by atoms with E-state index in [1.807, 2.05) is 12.4 Å². The molecule has 1 aromatic heterocycles. The molecule has 0 saturated heterocycles. The average molecular weight is 193 g/mol. The Hall–Kier alpha value is -0.800. The third kappa shape index (κ3) is 2.86. The van der Waals surface area contributed by atoms with Crippen molar-refractivity contribution in [1.82, 2.24) is 15.2 Å². The Labute approximate surface area is 85.5 Å². The fourth-order valence-corrected chi connectivity index (χ4v) is 1.65. The van der Waals surface area contributed by atoms with E-state index in [1.165, 1.54) is 18.4 Å². The lowest BCUT2D eigenvalue weighted by molar-refractivity contribution is 0.321. The molecule has 0 aliphatic heterocycles. The molecule has 1 fully saturated rings. The van der Waals surface area contributed by atoms with Crippen LogP contribution in [0.1, 0.15) is 18.4 Å². The van der Waals surface area contributed by atoms with E-state index in [9.17, 15) is 0 Å². The number of hydrogen-bond acceptors (Lipinski definition) is 2. The molecule has 2 rings (SSSR count). The van der Waals surface area contributed by atoms with Gasteiger partial charge in [-0.3, -0.25) is 0 Å². The molecule has 0 aromatic carbocycles. The summed E-state index contributed by atoms with van der Waals surface area (Å²) in [6.07, 6.45) is 6.80. The van der Waals surface area contributed by atoms with E-state index < -0.39 is 0 Å². The van der Waals surface area contributed by atoms with E-state index in [-0.39, 0.29) is 0 Å². The van der Waals surface area contributed by atoms with Crippen LogP contribution >= 0.6 is 0 Å². The number of likely N-dealkylation sites (N-methyl/N-ethyl adjacent to an activating group) is 1. The van der Waals surface area contributed by atoms with Gasteiger partial charge in [-0.2, -0.15) is 0 Å². The highest BCUT2D eigenvalue weighted by Gasteiger charge is 2.25. The summed E-state index contributed by atoms with van der Waals surface area (Å²) in [5.74, 6) is 0. The zero-order valence-electron chi connectivity index (χ0n) is 8.79. The van der Waals surface area contributed by atoms with Crippen molar-refractivity contribution in [3.05, 3.63) is 24.0 Å². The molecule has 0 spiro atoms. The van der Waals surface area contributed by atoms with Crippen LogP contribution in [0.5, 0.6) is 0 Å². The average Bonchev–Trinajstić information content (AvgIpc) is 2.92. The summed E-state index contributed by atoms with van der Waals surface area (Å²) in [5, 5.41) is 3.44. The first kappa shape index (κ1) is 9.74. The highest BCUT2D eigenvalue weighted by Crippen LogP contribution is 2.24. The van der Waals surface area contributed by atoms with Gasteiger partial charge in [-0.1, -0.05) is 0 Å². The van der Waals surface area contributed by atoms with Gasteiger partial charge in [0.15, 0.2) is 0 Å². The predicted molar refractivity (Wildman–Crippen MR) is 58.2 cm³/mol. The van der Waals surface area contributed by atoms with Crippen LogP contribution in [0.15, 0.2) is 18.5 Å². The topological polar surface area (TPSA) is 31.1 Å². The third-order valence-corrected chi connectivity index (χ3v) is 2.80. The van der Waals surface area contributed by atoms with Crippen LogP contribution in [-0.2, 0) is 6.54 Å². The number of rotatable bonds is 6. The zero-order chi connectivity index (χ0) is 9.80. The Morgan fingerprint density at radius 2 is 2.43 bits per heavy atom. The molecular weight excluding hydrogens is 174 g/mol. The second-order valence-corrected chi connectivity index (χ2v) is 4.11. The summed E-state index contributed by atoms with van der Waals surface area (Å²) < 4.78 is 0. The monoisotopic (exact) mass is 193 g/mol. The summed E-state index contributed by atoms with van der Waals surface area (Å²) in [7, 11) is 2.22. The summed E-state index contributed by atoms with van der Waals surface area (Å²) in [4.78, 5) is 5.51. The molecule has 1 aromatic rings. The van der Waals surface area contributed by atoms with Crippen molar-refractivity contribution in [2.45, 2.75) is 25.4 Å². The number of hydrogen-bond donors (Lipinski definition) is 2. The molecule has 1 aliphatic rings. The molecule has 1 aliphatic carbocycles. The molecule has 2 N–H and O–H groups in total. The minimum absolute atomic E-state index is 0.879. The van der Waals surface area contributed by atoms with Gasteiger partial charge in [-0.25, -0.2) is 0 Å². The Morgan fingerprint density at radius 3 is 3.07 bits per heavy atom. The maximum Gasteiger partial charge on any atom is 0.0220 e. The minimum atomic E-state index is 0.879. The maximum absolute atomic E-state index is 3.44. The first-order valence-electron chi connectivity index (χ1n) is 5.39. The van der Waals surface area contributed by atoms with Crippen LogP contribution < -0.4 is 5.32 Å². The van der Waals surface area contributed by atoms with Crippen molar-refractivity contribution in [3.8, 4) is 0 Å². The highest BCUT2D eigenvalue weighted by atomic mass is 15.2. The van der Waals surface area contributed by atoms with Crippen LogP contribution in [0, 0.1) is 0 Å². The van der Waals surface area contributed by atoms with Crippen molar-refractivity contribution in [3.63, 3.8) is 0 Å². The van der Waals surface area contributed by atoms with Gasteiger partial charge >= 0.3 is 0 Å². The number of aromatic nitrogens is 1. The number of nitrogens with zero attached hydrogens (tertiary/aromatic N) is 1. The van der Waals surface area contributed by atoms with E-state index in [2.05, 4.69) is 28.3 Å². The van der Waals surface area contributed by atoms with Crippen LogP contribution in [0.2, 0.25) is 0 Å². The molecule has 1 heterocycles. The zero-order valence-corrected chi connectivity index (χ0v) is 8.79. The third-order valence-electron chi connectivity index (χ3n) is 2.80. The first-order chi connectivity index (χ1) is 6.86. The van der Waals surface area contributed by atoms with Gasteiger partial charge in [0.2, 0.25) is 0 Å². The van der Waals surface area contributed by atoms with Crippen LogP contribution in [0.4, 0.5) is 0 Å². The lowest BCUT2D eigenvalue weighted by atomic mass is 10.3. The van der Waals surface area contributed by atoms with Crippen molar-refractivity contribution >= 4 is 0 Å². The lowest BCUT2D eigenvalue weighted by Crippen LogP contribution is -2.30. The van der Waals surface area contributed by atoms with E-state index >= 15 is 0 Å². The summed E-state index contributed by atoms with van der Waals surface area (Å²) in [5.41, 5.74) is 1.33. The Bertz CT molecular complexity index is 252. The number of nitrogens with one attached hydrogen (secondary N) is 2. The molecule has 0 radical (unpaired) electrons. The second-order valence-electron chi connectivity index (χ2n) is 4.11. The van der Waals surface area contributed by atoms with Crippen molar-refractivity contribution < 1.29 is 0 Å². The molecule has 0 bridgehead atoms. The summed E-state index contributed by atoms with van der Waals surface area (Å²) >= 11 is 0. The van der Waals surface area contributed by atoms with Gasteiger partial charge in [0.25, 0.3) is 0 Å². The first-order valence-corrected chi connectivity index (χ1v) is 5.39. The van der Waals surface area contributed by atoms with Gasteiger partial charge in [0.05, 0.1) is 0 Å². The van der Waals surface area contributed by atoms with E-state index in [4.69, 9.17) is 0 Å². The Balaban J connectivity index is 1.54. The Kier molecular flexibility index (Phi) is 3.22. The van der Waals surface area contributed by atoms with Crippen LogP contribution in [-0.4, -0.2) is 36.1 Å². The fraction of sp³-hybridized carbons (Fsp3) is 0.636. The molecule has 0 atom stereocenters. The molecule has 3 heteroatoms. The summed E-state index contributed by atoms with van der Waals surface area (Å²) in [6.45, 7) is 3.22. The van der Waals surface area contributed by atoms with Crippen LogP contribution in [0.25, 0.3) is 0 Å². The minimum Gasteiger partial charge on any atom is -0.367 e. The molecule has 78 valence electrons. The Morgan fingerprint density at radius 1 is 1.57 bits per heavy atom. The van der Waals surface area contributed by atoms with E-state index in [1.54, 1.807) is 0 Å². The largest absolute Gasteiger partial charge is 0.367 e. The number of H-pyrrole nitrogens is 1. The smallest absolute Gasteiger partial charge is 0.0220 e. The maximum atomic E-state index is 3.44. The second kappa shape index (κ2) is 4.62. The molecule has 3 nitrogen and oxygen atoms in total. The standard InChI is InChI=1S/C11H19N3/c1-14(11-2-3-11)7-6-13-9-10-4-5-12-8-10/h4-5,8,11-13H,2-3,6-7,9H2,1H3. The molecular formula is C11H19N3. The molecule has 0 unspecified atom stereocenters. The van der Waals surface area contributed by atoms with Crippen LogP contribution in [0.3, 0.4) is 0 Å². The van der Waals surface area contributed by atoms with Gasteiger partial charge < -0.3 is 15.2 Å². The number of aromatic amines is 1. The quantitative estimate of drug-likeness (QED) is 0.665. The van der Waals surface area contributed by atoms with Gasteiger partial charge in [0, 0.05) is 38.1 Å². The van der Waals surface area contributed by atoms with Crippen molar-refractivity contribution in [2.24, 2.45) is 0 Å². The SMILES string of the molecule is CN(CCNCc1cc[nH]c1)C1CC1. The lowest BCUT2D eigenvalue weighted by Gasteiger charge is -2.15. The fourth-order valence-electron chi connectivity index (χ4n) is 1.65. The van der Waals surface area contributed by atoms with Gasteiger partial charge in [-0.15, -0.1) is 0 Å². The van der Waals surface area contributed by atoms with E-state index in [0.717, 1.165) is 25.7 Å².